The van der Waals surface area contributed by atoms with Crippen molar-refractivity contribution in [2.75, 3.05) is 26.2 Å². The van der Waals surface area contributed by atoms with Crippen LogP contribution in [0.2, 0.25) is 5.02 Å². The predicted octanol–water partition coefficient (Wildman–Crippen LogP) is 4.32. The van der Waals surface area contributed by atoms with Gasteiger partial charge in [-0.05, 0) is 30.0 Å². The molecule has 0 aliphatic carbocycles. The average Bonchev–Trinajstić information content (AvgIpc) is 2.37. The Bertz CT molecular complexity index is 423. The fourth-order valence-electron chi connectivity index (χ4n) is 2.68. The first-order chi connectivity index (χ1) is 9.08. The van der Waals surface area contributed by atoms with Gasteiger partial charge in [0.1, 0.15) is 5.82 Å². The van der Waals surface area contributed by atoms with Gasteiger partial charge in [-0.25, -0.2) is 4.39 Å². The van der Waals surface area contributed by atoms with Crippen LogP contribution in [-0.2, 0) is 0 Å². The van der Waals surface area contributed by atoms with Crippen LogP contribution in [-0.4, -0.2) is 31.1 Å². The number of nitrogens with zero attached hydrogens (tertiary/aromatic N) is 1. The smallest absolute Gasteiger partial charge is 0.124 e. The molecule has 0 amide bonds. The molecule has 0 unspecified atom stereocenters. The van der Waals surface area contributed by atoms with Crippen LogP contribution < -0.4 is 5.32 Å². The zero-order chi connectivity index (χ0) is 13.8. The lowest BCUT2D eigenvalue weighted by Gasteiger charge is -2.36. The highest BCUT2D eigenvalue weighted by Crippen LogP contribution is 2.33. The van der Waals surface area contributed by atoms with Crippen molar-refractivity contribution in [1.29, 1.82) is 0 Å². The molecule has 1 aromatic rings. The highest BCUT2D eigenvalue weighted by molar-refractivity contribution is 6.31. The van der Waals surface area contributed by atoms with Crippen molar-refractivity contribution < 1.29 is 4.39 Å². The molecular formula is C15H24Cl3FN2. The van der Waals surface area contributed by atoms with Gasteiger partial charge in [0.15, 0.2) is 0 Å². The van der Waals surface area contributed by atoms with Crippen molar-refractivity contribution in [3.63, 3.8) is 0 Å². The van der Waals surface area contributed by atoms with Crippen LogP contribution in [0.1, 0.15) is 31.9 Å². The lowest BCUT2D eigenvalue weighted by molar-refractivity contribution is 0.154. The van der Waals surface area contributed by atoms with E-state index < -0.39 is 0 Å². The first-order valence-electron chi connectivity index (χ1n) is 6.97. The van der Waals surface area contributed by atoms with Crippen LogP contribution in [0.15, 0.2) is 18.2 Å². The molecule has 2 nitrogen and oxygen atoms in total. The zero-order valence-corrected chi connectivity index (χ0v) is 14.8. The molecule has 1 aliphatic rings. The molecule has 1 heterocycles. The van der Waals surface area contributed by atoms with E-state index in [1.54, 1.807) is 0 Å². The van der Waals surface area contributed by atoms with E-state index in [0.29, 0.717) is 10.9 Å². The minimum absolute atomic E-state index is 0. The second-order valence-corrected chi connectivity index (χ2v) is 6.00. The fourth-order valence-corrected chi connectivity index (χ4v) is 2.98. The van der Waals surface area contributed by atoms with Crippen LogP contribution in [0.4, 0.5) is 4.39 Å². The summed E-state index contributed by atoms with van der Waals surface area (Å²) in [6.45, 7) is 8.48. The summed E-state index contributed by atoms with van der Waals surface area (Å²) in [5.74, 6) is 0.318. The quantitative estimate of drug-likeness (QED) is 0.863. The first kappa shape index (κ1) is 20.9. The Balaban J connectivity index is 0.00000200. The molecule has 0 radical (unpaired) electrons. The third-order valence-corrected chi connectivity index (χ3v) is 3.94. The van der Waals surface area contributed by atoms with Crippen molar-refractivity contribution >= 4 is 36.4 Å². The molecule has 1 fully saturated rings. The summed E-state index contributed by atoms with van der Waals surface area (Å²) in [6.07, 6.45) is 1.05. The Morgan fingerprint density at radius 3 is 2.38 bits per heavy atom. The maximum absolute atomic E-state index is 13.2. The molecule has 6 heteroatoms. The minimum Gasteiger partial charge on any atom is -0.314 e. The van der Waals surface area contributed by atoms with Crippen LogP contribution in [0.3, 0.4) is 0 Å². The summed E-state index contributed by atoms with van der Waals surface area (Å²) in [4.78, 5) is 2.45. The summed E-state index contributed by atoms with van der Waals surface area (Å²) in [6, 6.07) is 5.06. The van der Waals surface area contributed by atoms with E-state index in [2.05, 4.69) is 24.1 Å². The van der Waals surface area contributed by atoms with Crippen LogP contribution in [0.25, 0.3) is 0 Å². The van der Waals surface area contributed by atoms with Crippen LogP contribution >= 0.6 is 36.4 Å². The molecular weight excluding hydrogens is 334 g/mol. The molecule has 1 aliphatic heterocycles. The van der Waals surface area contributed by atoms with Crippen molar-refractivity contribution in [3.05, 3.63) is 34.6 Å². The van der Waals surface area contributed by atoms with Crippen molar-refractivity contribution in [1.82, 2.24) is 10.2 Å². The number of nitrogens with one attached hydrogen (secondary N) is 1. The number of rotatable bonds is 4. The SMILES string of the molecule is CC(C)C[C@H](c1ccc(F)cc1Cl)N1CCNCC1.Cl.Cl. The number of benzene rings is 1. The minimum atomic E-state index is -0.266. The van der Waals surface area contributed by atoms with Gasteiger partial charge >= 0.3 is 0 Å². The summed E-state index contributed by atoms with van der Waals surface area (Å²) >= 11 is 6.24. The van der Waals surface area contributed by atoms with Crippen molar-refractivity contribution in [3.8, 4) is 0 Å². The van der Waals surface area contributed by atoms with Gasteiger partial charge in [0, 0.05) is 37.2 Å². The lowest BCUT2D eigenvalue weighted by atomic mass is 9.95. The Morgan fingerprint density at radius 2 is 1.86 bits per heavy atom. The van der Waals surface area contributed by atoms with E-state index in [9.17, 15) is 4.39 Å². The van der Waals surface area contributed by atoms with Crippen molar-refractivity contribution in [2.24, 2.45) is 5.92 Å². The van der Waals surface area contributed by atoms with Gasteiger partial charge < -0.3 is 5.32 Å². The monoisotopic (exact) mass is 356 g/mol. The van der Waals surface area contributed by atoms with Gasteiger partial charge in [0.05, 0.1) is 0 Å². The largest absolute Gasteiger partial charge is 0.314 e. The summed E-state index contributed by atoms with van der Waals surface area (Å²) < 4.78 is 13.2. The molecule has 1 saturated heterocycles. The third kappa shape index (κ3) is 5.91. The van der Waals surface area contributed by atoms with Crippen LogP contribution in [0, 0.1) is 11.7 Å². The van der Waals surface area contributed by atoms with E-state index in [0.717, 1.165) is 38.2 Å². The standard InChI is InChI=1S/C15H22ClFN2.2ClH/c1-11(2)9-15(19-7-5-18-6-8-19)13-4-3-12(17)10-14(13)16;;/h3-4,10-11,15,18H,5-9H2,1-2H3;2*1H/t15-;;/m1../s1. The molecule has 0 saturated carbocycles. The van der Waals surface area contributed by atoms with Gasteiger partial charge in [0.25, 0.3) is 0 Å². The van der Waals surface area contributed by atoms with E-state index in [1.165, 1.54) is 12.1 Å². The fraction of sp³-hybridized carbons (Fsp3) is 0.600. The number of hydrogen-bond acceptors (Lipinski definition) is 2. The number of piperazine rings is 1. The maximum Gasteiger partial charge on any atom is 0.124 e. The van der Waals surface area contributed by atoms with E-state index in [4.69, 9.17) is 11.6 Å². The van der Waals surface area contributed by atoms with Crippen molar-refractivity contribution in [2.45, 2.75) is 26.3 Å². The number of hydrogen-bond donors (Lipinski definition) is 1. The van der Waals surface area contributed by atoms with Gasteiger partial charge in [-0.2, -0.15) is 0 Å². The molecule has 1 aromatic carbocycles. The summed E-state index contributed by atoms with van der Waals surface area (Å²) in [5, 5.41) is 3.91. The second-order valence-electron chi connectivity index (χ2n) is 5.60. The van der Waals surface area contributed by atoms with Gasteiger partial charge in [-0.1, -0.05) is 31.5 Å². The van der Waals surface area contributed by atoms with Gasteiger partial charge in [-0.3, -0.25) is 4.90 Å². The maximum atomic E-state index is 13.2. The van der Waals surface area contributed by atoms with E-state index in [-0.39, 0.29) is 36.7 Å². The van der Waals surface area contributed by atoms with Crippen LogP contribution in [0.5, 0.6) is 0 Å². The highest BCUT2D eigenvalue weighted by Gasteiger charge is 2.24. The van der Waals surface area contributed by atoms with E-state index >= 15 is 0 Å². The summed E-state index contributed by atoms with van der Waals surface area (Å²) in [5.41, 5.74) is 1.05. The zero-order valence-electron chi connectivity index (χ0n) is 12.4. The lowest BCUT2D eigenvalue weighted by Crippen LogP contribution is -2.45. The Labute approximate surface area is 144 Å². The Kier molecular flexibility index (Phi) is 9.83. The normalized spacial score (nSPS) is 17.0. The molecule has 2 rings (SSSR count). The Morgan fingerprint density at radius 1 is 1.24 bits per heavy atom. The molecule has 1 N–H and O–H groups in total. The highest BCUT2D eigenvalue weighted by atomic mass is 35.5. The average molecular weight is 358 g/mol. The molecule has 0 aromatic heterocycles. The molecule has 0 spiro atoms. The predicted molar refractivity (Wildman–Crippen MR) is 92.5 cm³/mol. The Hall–Kier alpha value is -0.0600. The summed E-state index contributed by atoms with van der Waals surface area (Å²) in [7, 11) is 0. The molecule has 1 atom stereocenters. The van der Waals surface area contributed by atoms with Gasteiger partial charge in [-0.15, -0.1) is 24.8 Å². The van der Waals surface area contributed by atoms with E-state index in [1.807, 2.05) is 6.07 Å². The van der Waals surface area contributed by atoms with Gasteiger partial charge in [0.2, 0.25) is 0 Å². The third-order valence-electron chi connectivity index (χ3n) is 3.61. The molecule has 0 bridgehead atoms. The second kappa shape index (κ2) is 9.86. The topological polar surface area (TPSA) is 15.3 Å². The number of halogens is 4. The molecule has 21 heavy (non-hydrogen) atoms. The molecule has 122 valence electrons. The first-order valence-corrected chi connectivity index (χ1v) is 7.35.